The van der Waals surface area contributed by atoms with E-state index in [1.54, 1.807) is 23.3 Å². The second-order valence-corrected chi connectivity index (χ2v) is 5.68. The number of nitrogens with zero attached hydrogens (tertiary/aromatic N) is 5. The van der Waals surface area contributed by atoms with Crippen molar-refractivity contribution in [2.75, 3.05) is 5.73 Å². The molecule has 0 aliphatic heterocycles. The minimum Gasteiger partial charge on any atom is -0.383 e. The van der Waals surface area contributed by atoms with Gasteiger partial charge in [-0.15, -0.1) is 0 Å². The van der Waals surface area contributed by atoms with Gasteiger partial charge < -0.3 is 5.73 Å². The van der Waals surface area contributed by atoms with Crippen molar-refractivity contribution in [3.05, 3.63) is 78.9 Å². The van der Waals surface area contributed by atoms with Crippen molar-refractivity contribution in [1.29, 1.82) is 5.26 Å². The lowest BCUT2D eigenvalue weighted by molar-refractivity contribution is 0.881. The van der Waals surface area contributed by atoms with E-state index in [-0.39, 0.29) is 5.82 Å². The molecule has 0 spiro atoms. The van der Waals surface area contributed by atoms with Gasteiger partial charge in [-0.1, -0.05) is 24.3 Å². The highest BCUT2D eigenvalue weighted by molar-refractivity contribution is 5.79. The van der Waals surface area contributed by atoms with Crippen molar-refractivity contribution in [1.82, 2.24) is 19.7 Å². The molecule has 0 radical (unpaired) electrons. The van der Waals surface area contributed by atoms with Gasteiger partial charge in [0, 0.05) is 35.3 Å². The molecule has 0 atom stereocenters. The van der Waals surface area contributed by atoms with Gasteiger partial charge in [0.2, 0.25) is 0 Å². The lowest BCUT2D eigenvalue weighted by Crippen LogP contribution is -1.99. The Hall–Kier alpha value is -3.98. The standard InChI is InChI=1S/C20H14N6/c21-10-18-17(14-5-4-8-23-11-14)9-19(25-20(18)22)15-12-24-26(13-15)16-6-2-1-3-7-16/h1-9,11-13H,(H2,22,25). The summed E-state index contributed by atoms with van der Waals surface area (Å²) in [5, 5.41) is 13.9. The normalized spacial score (nSPS) is 10.4. The summed E-state index contributed by atoms with van der Waals surface area (Å²) in [4.78, 5) is 8.51. The number of nitriles is 1. The van der Waals surface area contributed by atoms with Crippen LogP contribution in [-0.2, 0) is 0 Å². The lowest BCUT2D eigenvalue weighted by atomic mass is 10.0. The summed E-state index contributed by atoms with van der Waals surface area (Å²) >= 11 is 0. The Bertz CT molecular complexity index is 1090. The van der Waals surface area contributed by atoms with Crippen LogP contribution in [0.15, 0.2) is 73.3 Å². The van der Waals surface area contributed by atoms with Gasteiger partial charge in [0.1, 0.15) is 17.5 Å². The fourth-order valence-electron chi connectivity index (χ4n) is 2.76. The Kier molecular flexibility index (Phi) is 3.88. The van der Waals surface area contributed by atoms with Crippen molar-refractivity contribution in [2.45, 2.75) is 0 Å². The molecule has 0 fully saturated rings. The Morgan fingerprint density at radius 1 is 1.00 bits per heavy atom. The highest BCUT2D eigenvalue weighted by Gasteiger charge is 2.14. The van der Waals surface area contributed by atoms with Gasteiger partial charge in [-0.25, -0.2) is 9.67 Å². The summed E-state index contributed by atoms with van der Waals surface area (Å²) in [7, 11) is 0. The molecule has 3 heterocycles. The number of aromatic nitrogens is 4. The van der Waals surface area contributed by atoms with Gasteiger partial charge in [0.15, 0.2) is 0 Å². The highest BCUT2D eigenvalue weighted by atomic mass is 15.3. The third kappa shape index (κ3) is 2.78. The van der Waals surface area contributed by atoms with Crippen LogP contribution < -0.4 is 5.73 Å². The van der Waals surface area contributed by atoms with E-state index in [0.29, 0.717) is 16.8 Å². The molecule has 2 N–H and O–H groups in total. The minimum atomic E-state index is 0.191. The molecule has 6 nitrogen and oxygen atoms in total. The van der Waals surface area contributed by atoms with Crippen LogP contribution >= 0.6 is 0 Å². The van der Waals surface area contributed by atoms with E-state index in [2.05, 4.69) is 21.1 Å². The van der Waals surface area contributed by atoms with Crippen molar-refractivity contribution < 1.29 is 0 Å². The number of hydrogen-bond donors (Lipinski definition) is 1. The molecule has 0 amide bonds. The molecule has 4 aromatic rings. The number of nitrogen functional groups attached to an aromatic ring is 1. The number of rotatable bonds is 3. The number of benzene rings is 1. The first-order valence-electron chi connectivity index (χ1n) is 7.98. The molecular formula is C20H14N6. The van der Waals surface area contributed by atoms with Crippen molar-refractivity contribution in [3.63, 3.8) is 0 Å². The van der Waals surface area contributed by atoms with E-state index < -0.39 is 0 Å². The predicted molar refractivity (Wildman–Crippen MR) is 99.2 cm³/mol. The zero-order valence-electron chi connectivity index (χ0n) is 13.7. The van der Waals surface area contributed by atoms with Crippen molar-refractivity contribution in [2.24, 2.45) is 0 Å². The SMILES string of the molecule is N#Cc1c(-c2cccnc2)cc(-c2cnn(-c3ccccc3)c2)nc1N. The van der Waals surface area contributed by atoms with Crippen molar-refractivity contribution >= 4 is 5.82 Å². The topological polar surface area (TPSA) is 93.4 Å². The first kappa shape index (κ1) is 15.5. The fourth-order valence-corrected chi connectivity index (χ4v) is 2.76. The summed E-state index contributed by atoms with van der Waals surface area (Å²) in [6, 6.07) is 17.5. The Labute approximate surface area is 150 Å². The van der Waals surface area contributed by atoms with E-state index in [0.717, 1.165) is 16.8 Å². The average molecular weight is 338 g/mol. The van der Waals surface area contributed by atoms with Gasteiger partial charge >= 0.3 is 0 Å². The predicted octanol–water partition coefficient (Wildman–Crippen LogP) is 3.45. The molecule has 1 aromatic carbocycles. The number of hydrogen-bond acceptors (Lipinski definition) is 5. The van der Waals surface area contributed by atoms with Crippen LogP contribution in [0.25, 0.3) is 28.1 Å². The van der Waals surface area contributed by atoms with Gasteiger partial charge in [-0.3, -0.25) is 4.98 Å². The van der Waals surface area contributed by atoms with Crippen LogP contribution in [0.2, 0.25) is 0 Å². The maximum Gasteiger partial charge on any atom is 0.142 e. The largest absolute Gasteiger partial charge is 0.383 e. The van der Waals surface area contributed by atoms with E-state index >= 15 is 0 Å². The quantitative estimate of drug-likeness (QED) is 0.617. The summed E-state index contributed by atoms with van der Waals surface area (Å²) in [6.45, 7) is 0. The third-order valence-electron chi connectivity index (χ3n) is 4.03. The molecule has 0 aliphatic rings. The molecule has 0 unspecified atom stereocenters. The zero-order chi connectivity index (χ0) is 17.9. The summed E-state index contributed by atoms with van der Waals surface area (Å²) in [6.07, 6.45) is 7.00. The van der Waals surface area contributed by atoms with Crippen LogP contribution in [0, 0.1) is 11.3 Å². The molecule has 4 rings (SSSR count). The lowest BCUT2D eigenvalue weighted by Gasteiger charge is -2.08. The van der Waals surface area contributed by atoms with Crippen LogP contribution in [0.3, 0.4) is 0 Å². The van der Waals surface area contributed by atoms with Gasteiger partial charge in [-0.2, -0.15) is 10.4 Å². The number of pyridine rings is 2. The molecule has 26 heavy (non-hydrogen) atoms. The monoisotopic (exact) mass is 338 g/mol. The second-order valence-electron chi connectivity index (χ2n) is 5.68. The number of para-hydroxylation sites is 1. The van der Waals surface area contributed by atoms with Crippen LogP contribution in [0.4, 0.5) is 5.82 Å². The zero-order valence-corrected chi connectivity index (χ0v) is 13.7. The van der Waals surface area contributed by atoms with Crippen molar-refractivity contribution in [3.8, 4) is 34.1 Å². The molecular weight excluding hydrogens is 324 g/mol. The summed E-state index contributed by atoms with van der Waals surface area (Å²) in [5.41, 5.74) is 10.3. The summed E-state index contributed by atoms with van der Waals surface area (Å²) in [5.74, 6) is 0.191. The van der Waals surface area contributed by atoms with E-state index in [9.17, 15) is 5.26 Å². The van der Waals surface area contributed by atoms with E-state index in [1.807, 2.05) is 54.7 Å². The number of anilines is 1. The van der Waals surface area contributed by atoms with Gasteiger partial charge in [0.25, 0.3) is 0 Å². The summed E-state index contributed by atoms with van der Waals surface area (Å²) < 4.78 is 1.77. The van der Waals surface area contributed by atoms with Crippen LogP contribution in [0.1, 0.15) is 5.56 Å². The van der Waals surface area contributed by atoms with E-state index in [4.69, 9.17) is 5.73 Å². The highest BCUT2D eigenvalue weighted by Crippen LogP contribution is 2.30. The fraction of sp³-hybridized carbons (Fsp3) is 0. The molecule has 3 aromatic heterocycles. The Morgan fingerprint density at radius 2 is 1.85 bits per heavy atom. The molecule has 0 bridgehead atoms. The maximum atomic E-state index is 9.47. The Balaban J connectivity index is 1.83. The maximum absolute atomic E-state index is 9.47. The van der Waals surface area contributed by atoms with Gasteiger partial charge in [-0.05, 0) is 24.3 Å². The smallest absolute Gasteiger partial charge is 0.142 e. The molecule has 6 heteroatoms. The molecule has 0 aliphatic carbocycles. The molecule has 0 saturated heterocycles. The first-order valence-corrected chi connectivity index (χ1v) is 7.98. The Morgan fingerprint density at radius 3 is 2.58 bits per heavy atom. The van der Waals surface area contributed by atoms with Crippen LogP contribution in [-0.4, -0.2) is 19.7 Å². The van der Waals surface area contributed by atoms with E-state index in [1.165, 1.54) is 0 Å². The van der Waals surface area contributed by atoms with Gasteiger partial charge in [0.05, 0.1) is 17.6 Å². The molecule has 124 valence electrons. The van der Waals surface area contributed by atoms with Crippen LogP contribution in [0.5, 0.6) is 0 Å². The second kappa shape index (κ2) is 6.49. The molecule has 0 saturated carbocycles. The minimum absolute atomic E-state index is 0.191. The number of nitrogens with two attached hydrogens (primary N) is 1. The third-order valence-corrected chi connectivity index (χ3v) is 4.03. The average Bonchev–Trinajstić information content (AvgIpc) is 3.19. The first-order chi connectivity index (χ1) is 12.8.